The Morgan fingerprint density at radius 1 is 1.26 bits per heavy atom. The first-order chi connectivity index (χ1) is 9.22. The zero-order chi connectivity index (χ0) is 13.7. The Kier molecular flexibility index (Phi) is 4.68. The first-order valence-corrected chi connectivity index (χ1v) is 6.99. The Hall–Kier alpha value is -1.69. The van der Waals surface area contributed by atoms with Crippen LogP contribution in [0.1, 0.15) is 13.8 Å². The summed E-state index contributed by atoms with van der Waals surface area (Å²) in [6.45, 7) is 5.97. The van der Waals surface area contributed by atoms with Gasteiger partial charge in [-0.2, -0.15) is 10.1 Å². The number of hydrogen-bond donors (Lipinski definition) is 1. The second kappa shape index (κ2) is 6.47. The van der Waals surface area contributed by atoms with Crippen LogP contribution in [0.2, 0.25) is 0 Å². The van der Waals surface area contributed by atoms with Gasteiger partial charge in [0.2, 0.25) is 5.95 Å². The van der Waals surface area contributed by atoms with Crippen molar-refractivity contribution >= 4 is 33.4 Å². The highest BCUT2D eigenvalue weighted by Crippen LogP contribution is 2.19. The summed E-state index contributed by atoms with van der Waals surface area (Å²) in [7, 11) is 0. The lowest BCUT2D eigenvalue weighted by molar-refractivity contribution is 0.826. The molecule has 1 aromatic carbocycles. The minimum atomic E-state index is 0.502. The third-order valence-electron chi connectivity index (χ3n) is 2.71. The number of nitrogens with one attached hydrogen (secondary N) is 1. The van der Waals surface area contributed by atoms with Crippen LogP contribution in [0.25, 0.3) is 0 Å². The molecule has 5 nitrogen and oxygen atoms in total. The fraction of sp³-hybridized carbons (Fsp3) is 0.308. The number of hydrogen-bond acceptors (Lipinski definition) is 5. The minimum Gasteiger partial charge on any atom is -0.356 e. The smallest absolute Gasteiger partial charge is 0.249 e. The average molecular weight is 322 g/mol. The third-order valence-corrected chi connectivity index (χ3v) is 3.21. The lowest BCUT2D eigenvalue weighted by Gasteiger charge is -2.19. The van der Waals surface area contributed by atoms with Crippen molar-refractivity contribution in [2.75, 3.05) is 23.3 Å². The molecule has 0 amide bonds. The van der Waals surface area contributed by atoms with Gasteiger partial charge in [-0.15, -0.1) is 5.10 Å². The second-order valence-corrected chi connectivity index (χ2v) is 4.86. The van der Waals surface area contributed by atoms with E-state index in [1.54, 1.807) is 6.20 Å². The summed E-state index contributed by atoms with van der Waals surface area (Å²) in [4.78, 5) is 6.59. The van der Waals surface area contributed by atoms with Gasteiger partial charge in [0.1, 0.15) is 0 Å². The van der Waals surface area contributed by atoms with Crippen LogP contribution in [0, 0.1) is 0 Å². The molecular weight excluding hydrogens is 306 g/mol. The molecule has 2 aromatic rings. The Bertz CT molecular complexity index is 542. The Morgan fingerprint density at radius 3 is 2.74 bits per heavy atom. The lowest BCUT2D eigenvalue weighted by atomic mass is 10.3. The number of aromatic nitrogens is 3. The normalized spacial score (nSPS) is 10.3. The molecule has 1 N–H and O–H groups in total. The van der Waals surface area contributed by atoms with E-state index >= 15 is 0 Å². The highest BCUT2D eigenvalue weighted by atomic mass is 79.9. The monoisotopic (exact) mass is 321 g/mol. The van der Waals surface area contributed by atoms with E-state index in [1.807, 2.05) is 24.3 Å². The van der Waals surface area contributed by atoms with Crippen molar-refractivity contribution in [1.82, 2.24) is 15.2 Å². The number of anilines is 3. The molecule has 0 bridgehead atoms. The summed E-state index contributed by atoms with van der Waals surface area (Å²) in [5.41, 5.74) is 0.924. The first kappa shape index (κ1) is 13.7. The Labute approximate surface area is 121 Å². The van der Waals surface area contributed by atoms with Gasteiger partial charge in [0.15, 0.2) is 5.82 Å². The van der Waals surface area contributed by atoms with Crippen LogP contribution in [0.3, 0.4) is 0 Å². The van der Waals surface area contributed by atoms with Crippen molar-refractivity contribution in [1.29, 1.82) is 0 Å². The highest BCUT2D eigenvalue weighted by molar-refractivity contribution is 9.10. The third kappa shape index (κ3) is 3.64. The molecule has 0 atom stereocenters. The summed E-state index contributed by atoms with van der Waals surface area (Å²) in [5, 5.41) is 11.1. The van der Waals surface area contributed by atoms with Gasteiger partial charge in [0.05, 0.1) is 6.20 Å². The van der Waals surface area contributed by atoms with Crippen molar-refractivity contribution in [3.8, 4) is 0 Å². The van der Waals surface area contributed by atoms with Crippen molar-refractivity contribution in [3.05, 3.63) is 34.9 Å². The number of halogens is 1. The molecule has 0 saturated carbocycles. The van der Waals surface area contributed by atoms with E-state index in [0.717, 1.165) is 29.1 Å². The summed E-state index contributed by atoms with van der Waals surface area (Å²) >= 11 is 3.43. The maximum atomic E-state index is 4.47. The Balaban J connectivity index is 2.19. The van der Waals surface area contributed by atoms with Gasteiger partial charge in [0, 0.05) is 23.2 Å². The SMILES string of the molecule is CCN(CC)c1cnnc(Nc2cccc(Br)c2)n1. The zero-order valence-corrected chi connectivity index (χ0v) is 12.6. The highest BCUT2D eigenvalue weighted by Gasteiger charge is 2.06. The van der Waals surface area contributed by atoms with E-state index in [-0.39, 0.29) is 0 Å². The molecule has 2 rings (SSSR count). The van der Waals surface area contributed by atoms with E-state index in [2.05, 4.69) is 55.2 Å². The van der Waals surface area contributed by atoms with E-state index in [0.29, 0.717) is 5.95 Å². The van der Waals surface area contributed by atoms with Crippen molar-refractivity contribution in [3.63, 3.8) is 0 Å². The summed E-state index contributed by atoms with van der Waals surface area (Å²) in [6.07, 6.45) is 1.68. The van der Waals surface area contributed by atoms with Gasteiger partial charge in [-0.25, -0.2) is 0 Å². The van der Waals surface area contributed by atoms with Crippen LogP contribution < -0.4 is 10.2 Å². The van der Waals surface area contributed by atoms with E-state index in [9.17, 15) is 0 Å². The topological polar surface area (TPSA) is 53.9 Å². The van der Waals surface area contributed by atoms with Gasteiger partial charge in [0.25, 0.3) is 0 Å². The van der Waals surface area contributed by atoms with Crippen LogP contribution in [-0.2, 0) is 0 Å². The van der Waals surface area contributed by atoms with E-state index in [4.69, 9.17) is 0 Å². The van der Waals surface area contributed by atoms with Crippen LogP contribution in [0.4, 0.5) is 17.5 Å². The molecule has 0 saturated heterocycles. The van der Waals surface area contributed by atoms with Gasteiger partial charge >= 0.3 is 0 Å². The van der Waals surface area contributed by atoms with Gasteiger partial charge in [-0.1, -0.05) is 22.0 Å². The molecule has 0 spiro atoms. The maximum absolute atomic E-state index is 4.47. The van der Waals surface area contributed by atoms with E-state index in [1.165, 1.54) is 0 Å². The maximum Gasteiger partial charge on any atom is 0.249 e. The molecule has 19 heavy (non-hydrogen) atoms. The fourth-order valence-electron chi connectivity index (χ4n) is 1.74. The van der Waals surface area contributed by atoms with Crippen molar-refractivity contribution in [2.45, 2.75) is 13.8 Å². The quantitative estimate of drug-likeness (QED) is 0.916. The molecule has 6 heteroatoms. The van der Waals surface area contributed by atoms with Crippen LogP contribution in [0.15, 0.2) is 34.9 Å². The second-order valence-electron chi connectivity index (χ2n) is 3.95. The van der Waals surface area contributed by atoms with Crippen LogP contribution >= 0.6 is 15.9 Å². The van der Waals surface area contributed by atoms with Crippen LogP contribution in [-0.4, -0.2) is 28.3 Å². The Morgan fingerprint density at radius 2 is 2.05 bits per heavy atom. The molecule has 1 heterocycles. The predicted octanol–water partition coefficient (Wildman–Crippen LogP) is 3.22. The predicted molar refractivity (Wildman–Crippen MR) is 80.8 cm³/mol. The fourth-order valence-corrected chi connectivity index (χ4v) is 2.14. The molecule has 0 unspecified atom stereocenters. The first-order valence-electron chi connectivity index (χ1n) is 6.20. The molecule has 0 fully saturated rings. The number of nitrogens with zero attached hydrogens (tertiary/aromatic N) is 4. The largest absolute Gasteiger partial charge is 0.356 e. The number of benzene rings is 1. The summed E-state index contributed by atoms with van der Waals surface area (Å²) in [6, 6.07) is 7.84. The molecule has 0 aliphatic rings. The zero-order valence-electron chi connectivity index (χ0n) is 11.0. The summed E-state index contributed by atoms with van der Waals surface area (Å²) < 4.78 is 1.00. The molecule has 0 aliphatic carbocycles. The number of rotatable bonds is 5. The van der Waals surface area contributed by atoms with Gasteiger partial charge in [-0.3, -0.25) is 0 Å². The molecule has 0 aliphatic heterocycles. The lowest BCUT2D eigenvalue weighted by Crippen LogP contribution is -2.23. The van der Waals surface area contributed by atoms with Gasteiger partial charge < -0.3 is 10.2 Å². The summed E-state index contributed by atoms with van der Waals surface area (Å²) in [5.74, 6) is 1.33. The molecule has 0 radical (unpaired) electrons. The molecule has 100 valence electrons. The van der Waals surface area contributed by atoms with Crippen molar-refractivity contribution in [2.24, 2.45) is 0 Å². The van der Waals surface area contributed by atoms with E-state index < -0.39 is 0 Å². The molecular formula is C13H16BrN5. The molecule has 1 aromatic heterocycles. The van der Waals surface area contributed by atoms with Crippen molar-refractivity contribution < 1.29 is 0 Å². The van der Waals surface area contributed by atoms with Crippen LogP contribution in [0.5, 0.6) is 0 Å². The average Bonchev–Trinajstić information content (AvgIpc) is 2.41. The standard InChI is InChI=1S/C13H16BrN5/c1-3-19(4-2)12-9-15-18-13(17-12)16-11-7-5-6-10(14)8-11/h5-9H,3-4H2,1-2H3,(H,16,17,18). The minimum absolute atomic E-state index is 0.502. The van der Waals surface area contributed by atoms with Gasteiger partial charge in [-0.05, 0) is 32.0 Å².